The van der Waals surface area contributed by atoms with Crippen molar-refractivity contribution in [3.63, 3.8) is 0 Å². The number of rotatable bonds is 4. The molecule has 1 spiro atoms. The number of morpholine rings is 1. The third-order valence-electron chi connectivity index (χ3n) is 4.40. The Hall–Kier alpha value is -1.14. The fourth-order valence-corrected chi connectivity index (χ4v) is 3.05. The molecule has 2 fully saturated rings. The number of hydrogen-bond acceptors (Lipinski definition) is 4. The number of nitrogens with zero attached hydrogens (tertiary/aromatic N) is 3. The predicted octanol–water partition coefficient (Wildman–Crippen LogP) is 0.176. The first-order valence-corrected chi connectivity index (χ1v) is 7.72. The molecule has 1 atom stereocenters. The van der Waals surface area contributed by atoms with Crippen LogP contribution < -0.4 is 0 Å². The molecule has 0 aromatic carbocycles. The second-order valence-corrected chi connectivity index (χ2v) is 6.51. The van der Waals surface area contributed by atoms with Crippen molar-refractivity contribution >= 4 is 11.8 Å². The molecular weight excluding hydrogens is 270 g/mol. The summed E-state index contributed by atoms with van der Waals surface area (Å²) in [5.41, 5.74) is -0.264. The average molecular weight is 297 g/mol. The van der Waals surface area contributed by atoms with Crippen molar-refractivity contribution in [1.82, 2.24) is 14.7 Å². The van der Waals surface area contributed by atoms with Crippen LogP contribution in [0.2, 0.25) is 0 Å². The monoisotopic (exact) mass is 297 g/mol. The third kappa shape index (κ3) is 3.37. The van der Waals surface area contributed by atoms with Crippen molar-refractivity contribution in [2.45, 2.75) is 37.8 Å². The summed E-state index contributed by atoms with van der Waals surface area (Å²) in [5, 5.41) is 0. The number of amides is 2. The van der Waals surface area contributed by atoms with Crippen LogP contribution in [-0.4, -0.2) is 85.5 Å². The first-order chi connectivity index (χ1) is 9.88. The van der Waals surface area contributed by atoms with Gasteiger partial charge in [0.2, 0.25) is 11.8 Å². The highest BCUT2D eigenvalue weighted by Gasteiger charge is 2.51. The van der Waals surface area contributed by atoms with Crippen molar-refractivity contribution in [2.75, 3.05) is 47.4 Å². The fourth-order valence-electron chi connectivity index (χ4n) is 3.05. The van der Waals surface area contributed by atoms with Crippen molar-refractivity contribution in [2.24, 2.45) is 0 Å². The second-order valence-electron chi connectivity index (χ2n) is 6.51. The Morgan fingerprint density at radius 3 is 2.48 bits per heavy atom. The maximum Gasteiger partial charge on any atom is 0.241 e. The largest absolute Gasteiger partial charge is 0.368 e. The summed E-state index contributed by atoms with van der Waals surface area (Å²) >= 11 is 0. The van der Waals surface area contributed by atoms with E-state index in [1.54, 1.807) is 19.0 Å². The van der Waals surface area contributed by atoms with E-state index in [0.29, 0.717) is 32.7 Å². The molecule has 2 rings (SSSR count). The molecule has 0 unspecified atom stereocenters. The van der Waals surface area contributed by atoms with Gasteiger partial charge in [0.25, 0.3) is 0 Å². The van der Waals surface area contributed by atoms with Crippen LogP contribution in [0.5, 0.6) is 0 Å². The summed E-state index contributed by atoms with van der Waals surface area (Å²) in [7, 11) is 5.48. The van der Waals surface area contributed by atoms with Gasteiger partial charge in [0.1, 0.15) is 11.6 Å². The lowest BCUT2D eigenvalue weighted by Gasteiger charge is -2.55. The highest BCUT2D eigenvalue weighted by Crippen LogP contribution is 2.31. The molecular formula is C15H27N3O3. The van der Waals surface area contributed by atoms with E-state index in [0.717, 1.165) is 12.8 Å². The fraction of sp³-hybridized carbons (Fsp3) is 0.867. The van der Waals surface area contributed by atoms with Crippen LogP contribution in [0.4, 0.5) is 0 Å². The summed E-state index contributed by atoms with van der Waals surface area (Å²) < 4.78 is 5.96. The maximum absolute atomic E-state index is 12.1. The van der Waals surface area contributed by atoms with Gasteiger partial charge in [-0.3, -0.25) is 14.5 Å². The number of likely N-dealkylation sites (tertiary alicyclic amines) is 1. The molecule has 6 nitrogen and oxygen atoms in total. The quantitative estimate of drug-likeness (QED) is 0.743. The SMILES string of the molecule is CCCCC(=O)N1CC2(C1)CN(C)[C@@H](C(=O)N(C)C)CO2. The maximum atomic E-state index is 12.1. The minimum absolute atomic E-state index is 0.0718. The van der Waals surface area contributed by atoms with E-state index in [4.69, 9.17) is 4.74 Å². The molecule has 0 saturated carbocycles. The third-order valence-corrected chi connectivity index (χ3v) is 4.40. The molecule has 120 valence electrons. The molecule has 2 saturated heterocycles. The van der Waals surface area contributed by atoms with Gasteiger partial charge in [0.15, 0.2) is 0 Å². The molecule has 2 aliphatic heterocycles. The number of carbonyl (C=O) groups is 2. The van der Waals surface area contributed by atoms with E-state index in [1.807, 2.05) is 11.9 Å². The number of hydrogen-bond donors (Lipinski definition) is 0. The predicted molar refractivity (Wildman–Crippen MR) is 79.9 cm³/mol. The lowest BCUT2D eigenvalue weighted by Crippen LogP contribution is -2.73. The van der Waals surface area contributed by atoms with Gasteiger partial charge in [-0.05, 0) is 13.5 Å². The zero-order valence-corrected chi connectivity index (χ0v) is 13.6. The zero-order valence-electron chi connectivity index (χ0n) is 13.6. The van der Waals surface area contributed by atoms with E-state index < -0.39 is 0 Å². The van der Waals surface area contributed by atoms with Gasteiger partial charge in [-0.25, -0.2) is 0 Å². The van der Waals surface area contributed by atoms with Gasteiger partial charge >= 0.3 is 0 Å². The zero-order chi connectivity index (χ0) is 15.6. The number of unbranched alkanes of at least 4 members (excludes halogenated alkanes) is 1. The summed E-state index contributed by atoms with van der Waals surface area (Å²) in [6.45, 7) is 4.51. The van der Waals surface area contributed by atoms with Crippen molar-refractivity contribution < 1.29 is 14.3 Å². The average Bonchev–Trinajstić information content (AvgIpc) is 2.41. The van der Waals surface area contributed by atoms with Crippen LogP contribution in [-0.2, 0) is 14.3 Å². The Bertz CT molecular complexity index is 405. The standard InChI is InChI=1S/C15H27N3O3/c1-5-6-7-13(19)18-10-15(11-18)9-17(4)12(8-21-15)14(20)16(2)3/h12H,5-11H2,1-4H3/t12-/m1/s1. The molecule has 0 aliphatic carbocycles. The van der Waals surface area contributed by atoms with Crippen LogP contribution >= 0.6 is 0 Å². The van der Waals surface area contributed by atoms with Gasteiger partial charge in [-0.15, -0.1) is 0 Å². The Morgan fingerprint density at radius 1 is 1.29 bits per heavy atom. The summed E-state index contributed by atoms with van der Waals surface area (Å²) in [5.74, 6) is 0.294. The molecule has 0 aromatic heterocycles. The first-order valence-electron chi connectivity index (χ1n) is 7.72. The van der Waals surface area contributed by atoms with E-state index in [1.165, 1.54) is 0 Å². The first kappa shape index (κ1) is 16.2. The van der Waals surface area contributed by atoms with Crippen molar-refractivity contribution in [1.29, 1.82) is 0 Å². The summed E-state index contributed by atoms with van der Waals surface area (Å²) in [6, 6.07) is -0.213. The Morgan fingerprint density at radius 2 is 1.95 bits per heavy atom. The Kier molecular flexibility index (Phi) is 4.88. The number of carbonyl (C=O) groups excluding carboxylic acids is 2. The molecule has 2 heterocycles. The summed E-state index contributed by atoms with van der Waals surface area (Å²) in [6.07, 6.45) is 2.62. The smallest absolute Gasteiger partial charge is 0.241 e. The van der Waals surface area contributed by atoms with Gasteiger partial charge in [0.05, 0.1) is 19.7 Å². The lowest BCUT2D eigenvalue weighted by atomic mass is 9.90. The summed E-state index contributed by atoms with van der Waals surface area (Å²) in [4.78, 5) is 29.5. The van der Waals surface area contributed by atoms with Crippen molar-refractivity contribution in [3.05, 3.63) is 0 Å². The molecule has 2 amide bonds. The van der Waals surface area contributed by atoms with E-state index in [9.17, 15) is 9.59 Å². The molecule has 0 bridgehead atoms. The van der Waals surface area contributed by atoms with Crippen LogP contribution in [0.1, 0.15) is 26.2 Å². The highest BCUT2D eigenvalue weighted by molar-refractivity contribution is 5.81. The Labute approximate surface area is 127 Å². The molecule has 21 heavy (non-hydrogen) atoms. The topological polar surface area (TPSA) is 53.1 Å². The van der Waals surface area contributed by atoms with Crippen LogP contribution in [0.15, 0.2) is 0 Å². The second kappa shape index (κ2) is 6.32. The Balaban J connectivity index is 1.84. The van der Waals surface area contributed by atoms with Gasteiger partial charge in [-0.1, -0.05) is 13.3 Å². The van der Waals surface area contributed by atoms with E-state index in [-0.39, 0.29) is 23.5 Å². The molecule has 0 aromatic rings. The van der Waals surface area contributed by atoms with Crippen LogP contribution in [0.25, 0.3) is 0 Å². The number of ether oxygens (including phenoxy) is 1. The van der Waals surface area contributed by atoms with E-state index >= 15 is 0 Å². The molecule has 2 aliphatic rings. The normalized spacial score (nSPS) is 24.8. The van der Waals surface area contributed by atoms with Crippen molar-refractivity contribution in [3.8, 4) is 0 Å². The van der Waals surface area contributed by atoms with Gasteiger partial charge in [-0.2, -0.15) is 0 Å². The van der Waals surface area contributed by atoms with E-state index in [2.05, 4.69) is 11.8 Å². The van der Waals surface area contributed by atoms with Gasteiger partial charge < -0.3 is 14.5 Å². The van der Waals surface area contributed by atoms with Crippen LogP contribution in [0, 0.1) is 0 Å². The lowest BCUT2D eigenvalue weighted by molar-refractivity contribution is -0.202. The minimum atomic E-state index is -0.264. The molecule has 0 radical (unpaired) electrons. The minimum Gasteiger partial charge on any atom is -0.368 e. The molecule has 0 N–H and O–H groups in total. The number of likely N-dealkylation sites (N-methyl/N-ethyl adjacent to an activating group) is 2. The highest BCUT2D eigenvalue weighted by atomic mass is 16.5. The van der Waals surface area contributed by atoms with Gasteiger partial charge in [0, 0.05) is 27.1 Å². The molecule has 6 heteroatoms. The van der Waals surface area contributed by atoms with Crippen LogP contribution in [0.3, 0.4) is 0 Å².